The molecule has 0 bridgehead atoms. The van der Waals surface area contributed by atoms with Crippen LogP contribution in [0.1, 0.15) is 11.1 Å². The summed E-state index contributed by atoms with van der Waals surface area (Å²) in [4.78, 5) is 15.9. The van der Waals surface area contributed by atoms with Gasteiger partial charge in [0.25, 0.3) is 0 Å². The molecule has 0 aliphatic heterocycles. The summed E-state index contributed by atoms with van der Waals surface area (Å²) in [5.74, 6) is -1.32. The van der Waals surface area contributed by atoms with Gasteiger partial charge < -0.3 is 4.74 Å². The Labute approximate surface area is 129 Å². The lowest BCUT2D eigenvalue weighted by molar-refractivity contribution is -0.117. The van der Waals surface area contributed by atoms with Crippen molar-refractivity contribution >= 4 is 21.7 Å². The molecule has 0 spiro atoms. The molecule has 1 heterocycles. The average molecular weight is 356 g/mol. The fourth-order valence-electron chi connectivity index (χ4n) is 1.85. The molecule has 1 aromatic carbocycles. The molecule has 21 heavy (non-hydrogen) atoms. The standard InChI is InChI=1S/C15H12BrF2NO2/c1-21-14-5-2-9(8-19-14)6-10(20)7-11-13(17)4-3-12(16)15(11)18/h2-5,8H,6-7H2,1H3. The number of carbonyl (C=O) groups is 1. The first kappa shape index (κ1) is 15.6. The fraction of sp³-hybridized carbons (Fsp3) is 0.200. The number of Topliss-reactive ketones (excluding diaryl/α,β-unsaturated/α-hetero) is 1. The Morgan fingerprint density at radius 3 is 2.62 bits per heavy atom. The van der Waals surface area contributed by atoms with Crippen LogP contribution in [0.25, 0.3) is 0 Å². The predicted octanol–water partition coefficient (Wildman–Crippen LogP) is 3.49. The van der Waals surface area contributed by atoms with Gasteiger partial charge in [-0.05, 0) is 33.6 Å². The molecule has 2 aromatic rings. The summed E-state index contributed by atoms with van der Waals surface area (Å²) in [6.07, 6.45) is 1.26. The van der Waals surface area contributed by atoms with Crippen LogP contribution in [0.3, 0.4) is 0 Å². The molecule has 0 unspecified atom stereocenters. The second kappa shape index (κ2) is 6.76. The SMILES string of the molecule is COc1ccc(CC(=O)Cc2c(F)ccc(Br)c2F)cn1. The Morgan fingerprint density at radius 2 is 2.00 bits per heavy atom. The van der Waals surface area contributed by atoms with Gasteiger partial charge in [-0.1, -0.05) is 6.07 Å². The minimum Gasteiger partial charge on any atom is -0.481 e. The van der Waals surface area contributed by atoms with Crippen LogP contribution >= 0.6 is 15.9 Å². The number of pyridine rings is 1. The first-order valence-electron chi connectivity index (χ1n) is 6.14. The highest BCUT2D eigenvalue weighted by Gasteiger charge is 2.16. The van der Waals surface area contributed by atoms with Gasteiger partial charge in [0.15, 0.2) is 0 Å². The molecule has 0 amide bonds. The highest BCUT2D eigenvalue weighted by molar-refractivity contribution is 9.10. The molecule has 0 saturated heterocycles. The number of carbonyl (C=O) groups excluding carboxylic acids is 1. The maximum Gasteiger partial charge on any atom is 0.212 e. The van der Waals surface area contributed by atoms with Crippen LogP contribution in [-0.2, 0) is 17.6 Å². The number of methoxy groups -OCH3 is 1. The number of halogens is 3. The number of ketones is 1. The summed E-state index contributed by atoms with van der Waals surface area (Å²) in [7, 11) is 1.49. The largest absolute Gasteiger partial charge is 0.481 e. The minimum atomic E-state index is -0.740. The molecular weight excluding hydrogens is 344 g/mol. The zero-order chi connectivity index (χ0) is 15.4. The molecule has 0 saturated carbocycles. The smallest absolute Gasteiger partial charge is 0.212 e. The van der Waals surface area contributed by atoms with E-state index < -0.39 is 11.6 Å². The summed E-state index contributed by atoms with van der Waals surface area (Å²) in [6.45, 7) is 0. The van der Waals surface area contributed by atoms with Crippen molar-refractivity contribution < 1.29 is 18.3 Å². The first-order valence-corrected chi connectivity index (χ1v) is 6.93. The monoisotopic (exact) mass is 355 g/mol. The lowest BCUT2D eigenvalue weighted by Crippen LogP contribution is -2.10. The summed E-state index contributed by atoms with van der Waals surface area (Å²) < 4.78 is 32.4. The van der Waals surface area contributed by atoms with Crippen molar-refractivity contribution in [1.82, 2.24) is 4.98 Å². The van der Waals surface area contributed by atoms with Gasteiger partial charge >= 0.3 is 0 Å². The van der Waals surface area contributed by atoms with Crippen molar-refractivity contribution in [2.45, 2.75) is 12.8 Å². The summed E-state index contributed by atoms with van der Waals surface area (Å²) in [5, 5.41) is 0. The Kier molecular flexibility index (Phi) is 5.01. The first-order chi connectivity index (χ1) is 10.0. The van der Waals surface area contributed by atoms with E-state index in [2.05, 4.69) is 20.9 Å². The second-order valence-electron chi connectivity index (χ2n) is 4.42. The summed E-state index contributed by atoms with van der Waals surface area (Å²) >= 11 is 2.98. The highest BCUT2D eigenvalue weighted by atomic mass is 79.9. The Morgan fingerprint density at radius 1 is 1.24 bits per heavy atom. The van der Waals surface area contributed by atoms with Gasteiger partial charge in [-0.15, -0.1) is 0 Å². The second-order valence-corrected chi connectivity index (χ2v) is 5.28. The van der Waals surface area contributed by atoms with Crippen molar-refractivity contribution in [3.8, 4) is 5.88 Å². The summed E-state index contributed by atoms with van der Waals surface area (Å²) in [5.41, 5.74) is 0.437. The van der Waals surface area contributed by atoms with Crippen molar-refractivity contribution in [3.05, 3.63) is 57.7 Å². The quantitative estimate of drug-likeness (QED) is 0.770. The maximum atomic E-state index is 13.8. The topological polar surface area (TPSA) is 39.2 Å². The number of hydrogen-bond acceptors (Lipinski definition) is 3. The number of hydrogen-bond donors (Lipinski definition) is 0. The Bertz CT molecular complexity index is 659. The van der Waals surface area contributed by atoms with Crippen molar-refractivity contribution in [2.75, 3.05) is 7.11 Å². The molecule has 2 rings (SSSR count). The molecule has 0 aliphatic rings. The van der Waals surface area contributed by atoms with Gasteiger partial charge in [0, 0.05) is 30.7 Å². The maximum absolute atomic E-state index is 13.8. The zero-order valence-electron chi connectivity index (χ0n) is 11.2. The van der Waals surface area contributed by atoms with E-state index in [-0.39, 0.29) is 28.7 Å². The Hall–Kier alpha value is -1.82. The van der Waals surface area contributed by atoms with Crippen LogP contribution in [0.5, 0.6) is 5.88 Å². The van der Waals surface area contributed by atoms with E-state index in [1.807, 2.05) is 0 Å². The van der Waals surface area contributed by atoms with Crippen LogP contribution in [-0.4, -0.2) is 17.9 Å². The van der Waals surface area contributed by atoms with Crippen molar-refractivity contribution in [1.29, 1.82) is 0 Å². The van der Waals surface area contributed by atoms with E-state index >= 15 is 0 Å². The molecule has 0 atom stereocenters. The third kappa shape index (κ3) is 3.85. The van der Waals surface area contributed by atoms with E-state index in [9.17, 15) is 13.6 Å². The molecule has 1 aromatic heterocycles. The van der Waals surface area contributed by atoms with Gasteiger partial charge in [0.2, 0.25) is 5.88 Å². The molecule has 110 valence electrons. The molecule has 6 heteroatoms. The van der Waals surface area contributed by atoms with E-state index in [0.29, 0.717) is 11.4 Å². The van der Waals surface area contributed by atoms with Crippen LogP contribution in [0, 0.1) is 11.6 Å². The fourth-order valence-corrected chi connectivity index (χ4v) is 2.23. The number of rotatable bonds is 5. The zero-order valence-corrected chi connectivity index (χ0v) is 12.8. The highest BCUT2D eigenvalue weighted by Crippen LogP contribution is 2.22. The van der Waals surface area contributed by atoms with Crippen LogP contribution < -0.4 is 4.74 Å². The molecule has 3 nitrogen and oxygen atoms in total. The number of benzene rings is 1. The number of ether oxygens (including phenoxy) is 1. The lowest BCUT2D eigenvalue weighted by atomic mass is 10.0. The number of nitrogens with zero attached hydrogens (tertiary/aromatic N) is 1. The average Bonchev–Trinajstić information content (AvgIpc) is 2.48. The van der Waals surface area contributed by atoms with Crippen molar-refractivity contribution in [2.24, 2.45) is 0 Å². The molecule has 0 fully saturated rings. The predicted molar refractivity (Wildman–Crippen MR) is 77.3 cm³/mol. The van der Waals surface area contributed by atoms with Gasteiger partial charge in [0.1, 0.15) is 17.4 Å². The molecular formula is C15H12BrF2NO2. The third-order valence-corrected chi connectivity index (χ3v) is 3.53. The molecule has 0 N–H and O–H groups in total. The Balaban J connectivity index is 2.09. The van der Waals surface area contributed by atoms with Crippen molar-refractivity contribution in [3.63, 3.8) is 0 Å². The molecule has 0 radical (unpaired) electrons. The van der Waals surface area contributed by atoms with E-state index in [0.717, 1.165) is 6.07 Å². The van der Waals surface area contributed by atoms with Gasteiger partial charge in [0.05, 0.1) is 11.6 Å². The van der Waals surface area contributed by atoms with Gasteiger partial charge in [-0.2, -0.15) is 0 Å². The minimum absolute atomic E-state index is 0.0579. The van der Waals surface area contributed by atoms with Crippen LogP contribution in [0.2, 0.25) is 0 Å². The number of aromatic nitrogens is 1. The van der Waals surface area contributed by atoms with E-state index in [4.69, 9.17) is 4.74 Å². The summed E-state index contributed by atoms with van der Waals surface area (Å²) in [6, 6.07) is 5.72. The van der Waals surface area contributed by atoms with E-state index in [1.54, 1.807) is 12.1 Å². The van der Waals surface area contributed by atoms with Gasteiger partial charge in [-0.25, -0.2) is 13.8 Å². The van der Waals surface area contributed by atoms with Crippen LogP contribution in [0.4, 0.5) is 8.78 Å². The normalized spacial score (nSPS) is 10.5. The lowest BCUT2D eigenvalue weighted by Gasteiger charge is -2.06. The van der Waals surface area contributed by atoms with E-state index in [1.165, 1.54) is 19.4 Å². The van der Waals surface area contributed by atoms with Gasteiger partial charge in [-0.3, -0.25) is 4.79 Å². The van der Waals surface area contributed by atoms with Crippen LogP contribution in [0.15, 0.2) is 34.9 Å². The molecule has 0 aliphatic carbocycles. The third-order valence-electron chi connectivity index (χ3n) is 2.92.